The highest BCUT2D eigenvalue weighted by molar-refractivity contribution is 5.98. The summed E-state index contributed by atoms with van der Waals surface area (Å²) in [5.74, 6) is -0.860. The highest BCUT2D eigenvalue weighted by Crippen LogP contribution is 2.36. The molecule has 0 spiro atoms. The smallest absolute Gasteiger partial charge is 0.254 e. The van der Waals surface area contributed by atoms with Crippen molar-refractivity contribution < 1.29 is 9.18 Å². The average molecular weight is 327 g/mol. The molecule has 124 valence electrons. The summed E-state index contributed by atoms with van der Waals surface area (Å²) >= 11 is 0. The molecule has 1 fully saturated rings. The Labute approximate surface area is 139 Å². The Kier molecular flexibility index (Phi) is 4.47. The molecule has 0 radical (unpaired) electrons. The van der Waals surface area contributed by atoms with Crippen molar-refractivity contribution in [2.45, 2.75) is 31.5 Å². The Bertz CT molecular complexity index is 767. The van der Waals surface area contributed by atoms with Gasteiger partial charge in [0.1, 0.15) is 11.7 Å². The molecule has 3 atom stereocenters. The number of nitrogens with two attached hydrogens (primary N) is 1. The van der Waals surface area contributed by atoms with Crippen molar-refractivity contribution in [2.24, 2.45) is 11.7 Å². The molecule has 1 heterocycles. The van der Waals surface area contributed by atoms with Crippen molar-refractivity contribution in [2.75, 3.05) is 5.32 Å². The van der Waals surface area contributed by atoms with Crippen molar-refractivity contribution in [3.05, 3.63) is 42.1 Å². The van der Waals surface area contributed by atoms with Crippen LogP contribution < -0.4 is 11.1 Å². The van der Waals surface area contributed by atoms with Gasteiger partial charge in [-0.3, -0.25) is 9.48 Å². The molecule has 7 heteroatoms. The van der Waals surface area contributed by atoms with Crippen molar-refractivity contribution >= 4 is 17.4 Å². The summed E-state index contributed by atoms with van der Waals surface area (Å²) in [4.78, 5) is 11.7. The number of rotatable bonds is 4. The molecule has 1 aromatic carbocycles. The molecule has 1 aliphatic carbocycles. The Morgan fingerprint density at radius 2 is 2.12 bits per heavy atom. The summed E-state index contributed by atoms with van der Waals surface area (Å²) in [7, 11) is 0. The third kappa shape index (κ3) is 3.08. The van der Waals surface area contributed by atoms with Gasteiger partial charge >= 0.3 is 0 Å². The molecule has 24 heavy (non-hydrogen) atoms. The minimum atomic E-state index is -1.17. The van der Waals surface area contributed by atoms with Crippen LogP contribution in [0.3, 0.4) is 0 Å². The fourth-order valence-corrected chi connectivity index (χ4v) is 3.09. The fraction of sp³-hybridized carbons (Fsp3) is 0.353. The molecule has 1 aromatic heterocycles. The Morgan fingerprint density at radius 3 is 2.79 bits per heavy atom. The SMILES string of the molecule is N#C[C@H]1CCCC(F)[C@@H]1n1cc(C(N)=O)c(Nc2ccccc2)n1. The molecule has 3 N–H and O–H groups in total. The quantitative estimate of drug-likeness (QED) is 0.902. The van der Waals surface area contributed by atoms with E-state index in [0.717, 1.165) is 5.69 Å². The van der Waals surface area contributed by atoms with Gasteiger partial charge in [0.2, 0.25) is 0 Å². The van der Waals surface area contributed by atoms with E-state index in [4.69, 9.17) is 5.73 Å². The number of carbonyl (C=O) groups excluding carboxylic acids is 1. The summed E-state index contributed by atoms with van der Waals surface area (Å²) in [6, 6.07) is 10.6. The first-order valence-electron chi connectivity index (χ1n) is 7.85. The lowest BCUT2D eigenvalue weighted by Crippen LogP contribution is -2.32. The third-order valence-electron chi connectivity index (χ3n) is 4.28. The third-order valence-corrected chi connectivity index (χ3v) is 4.28. The topological polar surface area (TPSA) is 96.7 Å². The first-order valence-corrected chi connectivity index (χ1v) is 7.85. The lowest BCUT2D eigenvalue weighted by atomic mass is 9.84. The van der Waals surface area contributed by atoms with Crippen LogP contribution in [0.4, 0.5) is 15.9 Å². The summed E-state index contributed by atoms with van der Waals surface area (Å²) < 4.78 is 15.8. The number of para-hydroxylation sites is 1. The number of primary amides is 1. The van der Waals surface area contributed by atoms with Crippen LogP contribution in [0.5, 0.6) is 0 Å². The summed E-state index contributed by atoms with van der Waals surface area (Å²) in [5, 5.41) is 16.6. The van der Waals surface area contributed by atoms with Crippen LogP contribution in [0.25, 0.3) is 0 Å². The van der Waals surface area contributed by atoms with E-state index in [0.29, 0.717) is 19.3 Å². The maximum Gasteiger partial charge on any atom is 0.254 e. The number of aromatic nitrogens is 2. The zero-order valence-corrected chi connectivity index (χ0v) is 13.0. The number of nitrogens with zero attached hydrogens (tertiary/aromatic N) is 3. The lowest BCUT2D eigenvalue weighted by Gasteiger charge is -2.30. The van der Waals surface area contributed by atoms with Gasteiger partial charge in [-0.15, -0.1) is 0 Å². The zero-order chi connectivity index (χ0) is 17.1. The van der Waals surface area contributed by atoms with Gasteiger partial charge < -0.3 is 11.1 Å². The van der Waals surface area contributed by atoms with Gasteiger partial charge in [-0.2, -0.15) is 10.4 Å². The highest BCUT2D eigenvalue weighted by Gasteiger charge is 2.36. The number of hydrogen-bond acceptors (Lipinski definition) is 4. The van der Waals surface area contributed by atoms with Gasteiger partial charge in [-0.05, 0) is 31.4 Å². The minimum Gasteiger partial charge on any atom is -0.365 e. The van der Waals surface area contributed by atoms with Gasteiger partial charge in [0, 0.05) is 11.9 Å². The number of hydrogen-bond donors (Lipinski definition) is 2. The molecule has 1 amide bonds. The van der Waals surface area contributed by atoms with Crippen molar-refractivity contribution in [3.8, 4) is 6.07 Å². The molecule has 6 nitrogen and oxygen atoms in total. The molecular formula is C17H18FN5O. The fourth-order valence-electron chi connectivity index (χ4n) is 3.09. The van der Waals surface area contributed by atoms with E-state index in [2.05, 4.69) is 16.5 Å². The Balaban J connectivity index is 1.96. The van der Waals surface area contributed by atoms with Crippen molar-refractivity contribution in [1.29, 1.82) is 5.26 Å². The van der Waals surface area contributed by atoms with E-state index < -0.39 is 24.0 Å². The van der Waals surface area contributed by atoms with Crippen LogP contribution in [-0.2, 0) is 0 Å². The van der Waals surface area contributed by atoms with Gasteiger partial charge in [0.05, 0.1) is 18.0 Å². The monoisotopic (exact) mass is 327 g/mol. The van der Waals surface area contributed by atoms with E-state index >= 15 is 0 Å². The molecule has 1 aliphatic rings. The maximum atomic E-state index is 14.4. The van der Waals surface area contributed by atoms with E-state index in [-0.39, 0.29) is 11.4 Å². The van der Waals surface area contributed by atoms with Crippen LogP contribution >= 0.6 is 0 Å². The molecular weight excluding hydrogens is 309 g/mol. The van der Waals surface area contributed by atoms with Crippen LogP contribution in [0.2, 0.25) is 0 Å². The standard InChI is InChI=1S/C17H18FN5O/c18-14-8-4-5-11(9-19)15(14)23-10-13(16(20)24)17(22-23)21-12-6-2-1-3-7-12/h1-3,6-7,10-11,14-15H,4-5,8H2,(H2,20,24)(H,21,22)/t11-,14?,15-/m1/s1. The van der Waals surface area contributed by atoms with Crippen LogP contribution in [0, 0.1) is 17.2 Å². The number of nitrogens with one attached hydrogen (secondary N) is 1. The van der Waals surface area contributed by atoms with Gasteiger partial charge in [-0.25, -0.2) is 4.39 Å². The van der Waals surface area contributed by atoms with Crippen molar-refractivity contribution in [3.63, 3.8) is 0 Å². The van der Waals surface area contributed by atoms with E-state index in [1.54, 1.807) is 0 Å². The number of anilines is 2. The van der Waals surface area contributed by atoms with Gasteiger partial charge in [0.25, 0.3) is 5.91 Å². The van der Waals surface area contributed by atoms with Crippen molar-refractivity contribution in [1.82, 2.24) is 9.78 Å². The number of amides is 1. The first kappa shape index (κ1) is 16.0. The second-order valence-corrected chi connectivity index (χ2v) is 5.90. The highest BCUT2D eigenvalue weighted by atomic mass is 19.1. The number of alkyl halides is 1. The largest absolute Gasteiger partial charge is 0.365 e. The Hall–Kier alpha value is -2.88. The molecule has 2 aromatic rings. The molecule has 3 rings (SSSR count). The Morgan fingerprint density at radius 1 is 1.38 bits per heavy atom. The molecule has 0 aliphatic heterocycles. The summed E-state index contributed by atoms with van der Waals surface area (Å²) in [6.45, 7) is 0. The van der Waals surface area contributed by atoms with E-state index in [1.807, 2.05) is 30.3 Å². The van der Waals surface area contributed by atoms with Crippen LogP contribution in [-0.4, -0.2) is 21.9 Å². The number of halogens is 1. The molecule has 1 unspecified atom stereocenters. The summed E-state index contributed by atoms with van der Waals surface area (Å²) in [6.07, 6.45) is 1.94. The normalized spacial score (nSPS) is 23.4. The predicted octanol–water partition coefficient (Wildman–Crippen LogP) is 2.93. The number of benzene rings is 1. The van der Waals surface area contributed by atoms with E-state index in [9.17, 15) is 14.4 Å². The maximum absolute atomic E-state index is 14.4. The van der Waals surface area contributed by atoms with Gasteiger partial charge in [-0.1, -0.05) is 18.2 Å². The molecule has 0 saturated heterocycles. The number of nitriles is 1. The minimum absolute atomic E-state index is 0.174. The molecule has 1 saturated carbocycles. The molecule has 0 bridgehead atoms. The number of carbonyl (C=O) groups is 1. The second kappa shape index (κ2) is 6.71. The first-order chi connectivity index (χ1) is 11.6. The summed E-state index contributed by atoms with van der Waals surface area (Å²) in [5.41, 5.74) is 6.33. The van der Waals surface area contributed by atoms with Crippen LogP contribution in [0.1, 0.15) is 35.7 Å². The predicted molar refractivity (Wildman–Crippen MR) is 87.4 cm³/mol. The van der Waals surface area contributed by atoms with Gasteiger partial charge in [0.15, 0.2) is 5.82 Å². The average Bonchev–Trinajstić information content (AvgIpc) is 2.99. The van der Waals surface area contributed by atoms with E-state index in [1.165, 1.54) is 10.9 Å². The second-order valence-electron chi connectivity index (χ2n) is 5.90. The zero-order valence-electron chi connectivity index (χ0n) is 13.0. The van der Waals surface area contributed by atoms with Crippen LogP contribution in [0.15, 0.2) is 36.5 Å². The lowest BCUT2D eigenvalue weighted by molar-refractivity contribution is 0.0999.